The summed E-state index contributed by atoms with van der Waals surface area (Å²) in [6, 6.07) is 7.07. The van der Waals surface area contributed by atoms with E-state index in [9.17, 15) is 14.5 Å². The van der Waals surface area contributed by atoms with Crippen molar-refractivity contribution in [1.29, 1.82) is 0 Å². The van der Waals surface area contributed by atoms with Crippen molar-refractivity contribution in [2.75, 3.05) is 5.32 Å². The molecular weight excluding hydrogens is 305 g/mol. The molecule has 7 heteroatoms. The fourth-order valence-corrected chi connectivity index (χ4v) is 1.72. The summed E-state index contributed by atoms with van der Waals surface area (Å²) in [5, 5.41) is 13.4. The van der Waals surface area contributed by atoms with Crippen molar-refractivity contribution in [1.82, 2.24) is 4.98 Å². The van der Waals surface area contributed by atoms with Gasteiger partial charge in [0.05, 0.1) is 10.6 Å². The van der Waals surface area contributed by atoms with Crippen molar-refractivity contribution < 1.29 is 9.31 Å². The average molecular weight is 312 g/mol. The van der Waals surface area contributed by atoms with Crippen molar-refractivity contribution in [3.63, 3.8) is 0 Å². The van der Waals surface area contributed by atoms with E-state index in [0.717, 1.165) is 12.1 Å². The number of pyridine rings is 1. The summed E-state index contributed by atoms with van der Waals surface area (Å²) in [5.41, 5.74) is 0.503. The number of hydrogen-bond acceptors (Lipinski definition) is 4. The van der Waals surface area contributed by atoms with Gasteiger partial charge >= 0.3 is 5.69 Å². The first kappa shape index (κ1) is 12.4. The second kappa shape index (κ2) is 5.09. The number of nitrogens with zero attached hydrogens (tertiary/aromatic N) is 2. The molecule has 1 N–H and O–H groups in total. The number of hydrogen-bond donors (Lipinski definition) is 1. The van der Waals surface area contributed by atoms with E-state index < -0.39 is 16.4 Å². The molecule has 5 nitrogen and oxygen atoms in total. The summed E-state index contributed by atoms with van der Waals surface area (Å²) in [7, 11) is 0. The Hall–Kier alpha value is -2.02. The van der Waals surface area contributed by atoms with Gasteiger partial charge in [0, 0.05) is 24.0 Å². The monoisotopic (exact) mass is 311 g/mol. The predicted molar refractivity (Wildman–Crippen MR) is 68.3 cm³/mol. The largest absolute Gasteiger partial charge is 0.353 e. The van der Waals surface area contributed by atoms with E-state index in [1.54, 1.807) is 18.3 Å². The third-order valence-corrected chi connectivity index (χ3v) is 2.81. The summed E-state index contributed by atoms with van der Waals surface area (Å²) in [6.45, 7) is 0. The lowest BCUT2D eigenvalue weighted by molar-refractivity contribution is -0.387. The van der Waals surface area contributed by atoms with Gasteiger partial charge in [0.15, 0.2) is 0 Å². The smallest absolute Gasteiger partial charge is 0.304 e. The van der Waals surface area contributed by atoms with E-state index in [0.29, 0.717) is 16.0 Å². The van der Waals surface area contributed by atoms with Crippen LogP contribution < -0.4 is 5.32 Å². The van der Waals surface area contributed by atoms with Crippen LogP contribution in [0.3, 0.4) is 0 Å². The number of nitro benzene ring substituents is 1. The molecule has 0 spiro atoms. The van der Waals surface area contributed by atoms with E-state index >= 15 is 0 Å². The number of rotatable bonds is 3. The number of nitro groups is 1. The molecule has 0 fully saturated rings. The maximum atomic E-state index is 13.4. The Morgan fingerprint density at radius 2 is 2.17 bits per heavy atom. The number of halogens is 2. The Labute approximate surface area is 110 Å². The molecule has 0 unspecified atom stereocenters. The van der Waals surface area contributed by atoms with Gasteiger partial charge in [-0.1, -0.05) is 0 Å². The van der Waals surface area contributed by atoms with Gasteiger partial charge in [0.2, 0.25) is 5.82 Å². The lowest BCUT2D eigenvalue weighted by atomic mass is 10.2. The van der Waals surface area contributed by atoms with Gasteiger partial charge < -0.3 is 5.32 Å². The second-order valence-electron chi connectivity index (χ2n) is 3.39. The fourth-order valence-electron chi connectivity index (χ4n) is 1.37. The minimum absolute atomic E-state index is 0.409. The van der Waals surface area contributed by atoms with Crippen LogP contribution in [0.4, 0.5) is 21.5 Å². The van der Waals surface area contributed by atoms with Gasteiger partial charge in [0.1, 0.15) is 4.60 Å². The van der Waals surface area contributed by atoms with E-state index in [-0.39, 0.29) is 0 Å². The zero-order valence-electron chi connectivity index (χ0n) is 8.93. The van der Waals surface area contributed by atoms with Gasteiger partial charge in [-0.3, -0.25) is 10.1 Å². The Balaban J connectivity index is 2.29. The topological polar surface area (TPSA) is 68.1 Å². The molecule has 0 aliphatic rings. The molecule has 1 heterocycles. The van der Waals surface area contributed by atoms with Gasteiger partial charge in [-0.15, -0.1) is 0 Å². The normalized spacial score (nSPS) is 10.1. The summed E-state index contributed by atoms with van der Waals surface area (Å²) < 4.78 is 14.0. The van der Waals surface area contributed by atoms with Crippen molar-refractivity contribution in [3.8, 4) is 0 Å². The van der Waals surface area contributed by atoms with E-state index in [2.05, 4.69) is 26.2 Å². The van der Waals surface area contributed by atoms with E-state index in [1.165, 1.54) is 6.07 Å². The van der Waals surface area contributed by atoms with Crippen LogP contribution in [-0.2, 0) is 0 Å². The Kier molecular flexibility index (Phi) is 3.52. The minimum atomic E-state index is -0.884. The SMILES string of the molecule is O=[N+]([O-])c1ccc(Nc2cccnc2Br)cc1F. The Morgan fingerprint density at radius 1 is 1.39 bits per heavy atom. The molecule has 0 radical (unpaired) electrons. The highest BCUT2D eigenvalue weighted by molar-refractivity contribution is 9.10. The van der Waals surface area contributed by atoms with E-state index in [1.807, 2.05) is 0 Å². The quantitative estimate of drug-likeness (QED) is 0.534. The molecule has 0 bridgehead atoms. The van der Waals surface area contributed by atoms with Crippen molar-refractivity contribution in [3.05, 3.63) is 57.1 Å². The molecule has 0 atom stereocenters. The molecule has 0 aliphatic heterocycles. The summed E-state index contributed by atoms with van der Waals surface area (Å²) in [4.78, 5) is 13.7. The minimum Gasteiger partial charge on any atom is -0.353 e. The summed E-state index contributed by atoms with van der Waals surface area (Å²) >= 11 is 3.23. The van der Waals surface area contributed by atoms with Crippen LogP contribution in [0.5, 0.6) is 0 Å². The number of anilines is 2. The summed E-state index contributed by atoms with van der Waals surface area (Å²) in [6.07, 6.45) is 1.60. The van der Waals surface area contributed by atoms with Crippen LogP contribution in [0.25, 0.3) is 0 Å². The number of benzene rings is 1. The van der Waals surface area contributed by atoms with Crippen molar-refractivity contribution in [2.24, 2.45) is 0 Å². The molecule has 0 saturated carbocycles. The molecule has 0 saturated heterocycles. The van der Waals surface area contributed by atoms with Gasteiger partial charge in [0.25, 0.3) is 0 Å². The van der Waals surface area contributed by atoms with Crippen LogP contribution in [0, 0.1) is 15.9 Å². The molecule has 1 aromatic carbocycles. The molecule has 2 rings (SSSR count). The molecule has 18 heavy (non-hydrogen) atoms. The van der Waals surface area contributed by atoms with Crippen LogP contribution >= 0.6 is 15.9 Å². The zero-order valence-corrected chi connectivity index (χ0v) is 10.5. The molecule has 0 aliphatic carbocycles. The Morgan fingerprint density at radius 3 is 2.78 bits per heavy atom. The third kappa shape index (κ3) is 2.62. The van der Waals surface area contributed by atoms with Crippen LogP contribution in [-0.4, -0.2) is 9.91 Å². The van der Waals surface area contributed by atoms with Crippen LogP contribution in [0.1, 0.15) is 0 Å². The van der Waals surface area contributed by atoms with Gasteiger partial charge in [-0.25, -0.2) is 4.98 Å². The zero-order chi connectivity index (χ0) is 13.1. The number of nitrogens with one attached hydrogen (secondary N) is 1. The lowest BCUT2D eigenvalue weighted by Crippen LogP contribution is -1.96. The predicted octanol–water partition coefficient (Wildman–Crippen LogP) is 3.64. The Bertz CT molecular complexity index is 607. The highest BCUT2D eigenvalue weighted by atomic mass is 79.9. The lowest BCUT2D eigenvalue weighted by Gasteiger charge is -2.07. The third-order valence-electron chi connectivity index (χ3n) is 2.18. The molecule has 0 amide bonds. The fraction of sp³-hybridized carbons (Fsp3) is 0. The number of aromatic nitrogens is 1. The molecule has 1 aromatic heterocycles. The standard InChI is InChI=1S/C11H7BrFN3O2/c12-11-9(2-1-5-14-11)15-7-3-4-10(16(17)18)8(13)6-7/h1-6,15H. The van der Waals surface area contributed by atoms with Crippen LogP contribution in [0.15, 0.2) is 41.1 Å². The highest BCUT2D eigenvalue weighted by Crippen LogP contribution is 2.26. The first-order chi connectivity index (χ1) is 8.58. The molecule has 92 valence electrons. The molecule has 2 aromatic rings. The second-order valence-corrected chi connectivity index (χ2v) is 4.14. The highest BCUT2D eigenvalue weighted by Gasteiger charge is 2.14. The van der Waals surface area contributed by atoms with Crippen LogP contribution in [0.2, 0.25) is 0 Å². The van der Waals surface area contributed by atoms with Crippen molar-refractivity contribution in [2.45, 2.75) is 0 Å². The average Bonchev–Trinajstić information content (AvgIpc) is 2.32. The first-order valence-corrected chi connectivity index (χ1v) is 5.68. The molecular formula is C11H7BrFN3O2. The maximum absolute atomic E-state index is 13.4. The summed E-state index contributed by atoms with van der Waals surface area (Å²) in [5.74, 6) is -0.884. The van der Waals surface area contributed by atoms with Crippen molar-refractivity contribution >= 4 is 33.0 Å². The first-order valence-electron chi connectivity index (χ1n) is 4.89. The maximum Gasteiger partial charge on any atom is 0.304 e. The van der Waals surface area contributed by atoms with E-state index in [4.69, 9.17) is 0 Å². The van der Waals surface area contributed by atoms with Gasteiger partial charge in [-0.2, -0.15) is 4.39 Å². The van der Waals surface area contributed by atoms with Gasteiger partial charge in [-0.05, 0) is 34.1 Å².